The van der Waals surface area contributed by atoms with Crippen molar-refractivity contribution in [2.45, 2.75) is 20.3 Å². The molecule has 0 heterocycles. The van der Waals surface area contributed by atoms with Gasteiger partial charge in [-0.15, -0.1) is 0 Å². The molecule has 0 amide bonds. The maximum absolute atomic E-state index is 13.2. The zero-order chi connectivity index (χ0) is 23.1. The summed E-state index contributed by atoms with van der Waals surface area (Å²) < 4.78 is 10.7. The van der Waals surface area contributed by atoms with Crippen LogP contribution in [0, 0.1) is 22.7 Å². The van der Waals surface area contributed by atoms with Crippen molar-refractivity contribution in [1.29, 1.82) is 5.26 Å². The number of nitrogens with zero attached hydrogens (tertiary/aromatic N) is 1. The van der Waals surface area contributed by atoms with Crippen molar-refractivity contribution in [3.05, 3.63) is 83.4 Å². The van der Waals surface area contributed by atoms with Crippen LogP contribution in [0.15, 0.2) is 72.8 Å². The highest BCUT2D eigenvalue weighted by Gasteiger charge is 2.44. The minimum atomic E-state index is -1.33. The number of nitrogens with one attached hydrogen (secondary N) is 1. The van der Waals surface area contributed by atoms with Crippen LogP contribution in [-0.2, 0) is 11.2 Å². The van der Waals surface area contributed by atoms with Crippen molar-refractivity contribution >= 4 is 28.9 Å². The number of ether oxygens (including phenoxy) is 2. The fourth-order valence-electron chi connectivity index (χ4n) is 3.35. The number of benzene rings is 3. The Morgan fingerprint density at radius 1 is 1.03 bits per heavy atom. The van der Waals surface area contributed by atoms with Crippen molar-refractivity contribution in [3.8, 4) is 17.6 Å². The van der Waals surface area contributed by atoms with E-state index in [1.807, 2.05) is 62.4 Å². The Morgan fingerprint density at radius 2 is 1.69 bits per heavy atom. The van der Waals surface area contributed by atoms with Crippen LogP contribution >= 0.6 is 11.6 Å². The highest BCUT2D eigenvalue weighted by atomic mass is 35.5. The molecular weight excluding hydrogens is 424 g/mol. The van der Waals surface area contributed by atoms with Gasteiger partial charge in [-0.25, -0.2) is 4.79 Å². The molecule has 0 aliphatic carbocycles. The molecule has 0 aliphatic heterocycles. The van der Waals surface area contributed by atoms with Crippen LogP contribution in [0.2, 0.25) is 5.02 Å². The van der Waals surface area contributed by atoms with Crippen LogP contribution in [0.3, 0.4) is 0 Å². The van der Waals surface area contributed by atoms with E-state index in [-0.39, 0.29) is 12.3 Å². The molecule has 0 spiro atoms. The summed E-state index contributed by atoms with van der Waals surface area (Å²) in [6.07, 6.45) is 0.228. The summed E-state index contributed by atoms with van der Waals surface area (Å²) in [4.78, 5) is 13.2. The normalized spacial score (nSPS) is 12.5. The molecule has 1 unspecified atom stereocenters. The lowest BCUT2D eigenvalue weighted by Crippen LogP contribution is -2.40. The summed E-state index contributed by atoms with van der Waals surface area (Å²) in [6, 6.07) is 24.0. The number of rotatable bonds is 8. The molecule has 0 bridgehead atoms. The van der Waals surface area contributed by atoms with Crippen LogP contribution in [0.1, 0.15) is 19.4 Å². The number of carbonyl (C=O) groups is 1. The first-order valence-electron chi connectivity index (χ1n) is 10.3. The van der Waals surface area contributed by atoms with E-state index in [0.29, 0.717) is 16.5 Å². The summed E-state index contributed by atoms with van der Waals surface area (Å²) >= 11 is 5.95. The number of esters is 1. The first-order chi connectivity index (χ1) is 15.4. The Kier molecular flexibility index (Phi) is 7.40. The Hall–Kier alpha value is -3.49. The standard InChI is InChI=1S/C26H25ClN2O3/c1-18(2)26(17-28,25(30)32-24-13-11-23(31-3)12-14-24)16-19-5-4-6-22(15-19)29-21-9-7-20(27)8-10-21/h4-15,18,29H,16H2,1-3H3. The molecule has 1 atom stereocenters. The minimum absolute atomic E-state index is 0.228. The van der Waals surface area contributed by atoms with E-state index >= 15 is 0 Å². The van der Waals surface area contributed by atoms with Gasteiger partial charge in [0.25, 0.3) is 0 Å². The van der Waals surface area contributed by atoms with Gasteiger partial charge < -0.3 is 14.8 Å². The number of methoxy groups -OCH3 is 1. The van der Waals surface area contributed by atoms with Crippen LogP contribution in [-0.4, -0.2) is 13.1 Å². The molecule has 0 fully saturated rings. The molecule has 164 valence electrons. The Balaban J connectivity index is 1.82. The van der Waals surface area contributed by atoms with Crippen LogP contribution < -0.4 is 14.8 Å². The fourth-order valence-corrected chi connectivity index (χ4v) is 3.48. The minimum Gasteiger partial charge on any atom is -0.497 e. The molecule has 0 saturated heterocycles. The van der Waals surface area contributed by atoms with Gasteiger partial charge in [-0.1, -0.05) is 37.6 Å². The van der Waals surface area contributed by atoms with Crippen molar-refractivity contribution in [2.75, 3.05) is 12.4 Å². The summed E-state index contributed by atoms with van der Waals surface area (Å²) in [5.41, 5.74) is 1.26. The molecule has 5 nitrogen and oxygen atoms in total. The highest BCUT2D eigenvalue weighted by molar-refractivity contribution is 6.30. The van der Waals surface area contributed by atoms with Crippen LogP contribution in [0.5, 0.6) is 11.5 Å². The number of anilines is 2. The van der Waals surface area contributed by atoms with E-state index in [0.717, 1.165) is 16.9 Å². The smallest absolute Gasteiger partial charge is 0.332 e. The molecule has 0 saturated carbocycles. The monoisotopic (exact) mass is 448 g/mol. The van der Waals surface area contributed by atoms with Gasteiger partial charge in [0.1, 0.15) is 11.5 Å². The zero-order valence-corrected chi connectivity index (χ0v) is 19.0. The Bertz CT molecular complexity index is 1110. The lowest BCUT2D eigenvalue weighted by Gasteiger charge is -2.28. The molecule has 1 N–H and O–H groups in total. The van der Waals surface area contributed by atoms with Gasteiger partial charge in [0.05, 0.1) is 13.2 Å². The second-order valence-corrected chi connectivity index (χ2v) is 8.25. The predicted octanol–water partition coefficient (Wildman–Crippen LogP) is 6.41. The molecular formula is C26H25ClN2O3. The maximum Gasteiger partial charge on any atom is 0.332 e. The number of hydrogen-bond acceptors (Lipinski definition) is 5. The lowest BCUT2D eigenvalue weighted by molar-refractivity contribution is -0.144. The van der Waals surface area contributed by atoms with Gasteiger partial charge in [-0.2, -0.15) is 5.26 Å². The molecule has 32 heavy (non-hydrogen) atoms. The molecule has 0 radical (unpaired) electrons. The van der Waals surface area contributed by atoms with E-state index in [2.05, 4.69) is 11.4 Å². The number of halogens is 1. The number of nitriles is 1. The predicted molar refractivity (Wildman–Crippen MR) is 126 cm³/mol. The summed E-state index contributed by atoms with van der Waals surface area (Å²) in [5, 5.41) is 14.0. The van der Waals surface area contributed by atoms with E-state index in [1.54, 1.807) is 31.4 Å². The largest absolute Gasteiger partial charge is 0.497 e. The fraction of sp³-hybridized carbons (Fsp3) is 0.231. The molecule has 3 rings (SSSR count). The zero-order valence-electron chi connectivity index (χ0n) is 18.3. The van der Waals surface area contributed by atoms with Gasteiger partial charge in [0.15, 0.2) is 5.41 Å². The Morgan fingerprint density at radius 3 is 2.28 bits per heavy atom. The van der Waals surface area contributed by atoms with Crippen molar-refractivity contribution in [1.82, 2.24) is 0 Å². The van der Waals surface area contributed by atoms with Crippen molar-refractivity contribution in [2.24, 2.45) is 11.3 Å². The molecule has 0 aliphatic rings. The number of hydrogen-bond donors (Lipinski definition) is 1. The summed E-state index contributed by atoms with van der Waals surface area (Å²) in [6.45, 7) is 3.71. The average molecular weight is 449 g/mol. The van der Waals surface area contributed by atoms with Gasteiger partial charge in [-0.05, 0) is 72.1 Å². The van der Waals surface area contributed by atoms with E-state index < -0.39 is 11.4 Å². The van der Waals surface area contributed by atoms with E-state index in [1.165, 1.54) is 0 Å². The third-order valence-electron chi connectivity index (χ3n) is 5.36. The third-order valence-corrected chi connectivity index (χ3v) is 5.61. The quantitative estimate of drug-likeness (QED) is 0.318. The van der Waals surface area contributed by atoms with Gasteiger partial charge in [0, 0.05) is 22.8 Å². The van der Waals surface area contributed by atoms with E-state index in [9.17, 15) is 10.1 Å². The summed E-state index contributed by atoms with van der Waals surface area (Å²) in [5.74, 6) is 0.196. The first-order valence-corrected chi connectivity index (χ1v) is 10.6. The van der Waals surface area contributed by atoms with Gasteiger partial charge >= 0.3 is 5.97 Å². The Labute approximate surface area is 193 Å². The topological polar surface area (TPSA) is 71.3 Å². The lowest BCUT2D eigenvalue weighted by atomic mass is 9.74. The third kappa shape index (κ3) is 5.40. The summed E-state index contributed by atoms with van der Waals surface area (Å²) in [7, 11) is 1.57. The average Bonchev–Trinajstić information content (AvgIpc) is 2.79. The molecule has 0 aromatic heterocycles. The van der Waals surface area contributed by atoms with Crippen molar-refractivity contribution < 1.29 is 14.3 Å². The molecule has 3 aromatic rings. The molecule has 3 aromatic carbocycles. The number of carbonyl (C=O) groups excluding carboxylic acids is 1. The highest BCUT2D eigenvalue weighted by Crippen LogP contribution is 2.34. The maximum atomic E-state index is 13.2. The van der Waals surface area contributed by atoms with E-state index in [4.69, 9.17) is 21.1 Å². The van der Waals surface area contributed by atoms with Crippen LogP contribution in [0.25, 0.3) is 0 Å². The van der Waals surface area contributed by atoms with Gasteiger partial charge in [0.2, 0.25) is 0 Å². The van der Waals surface area contributed by atoms with Crippen molar-refractivity contribution in [3.63, 3.8) is 0 Å². The second kappa shape index (κ2) is 10.2. The van der Waals surface area contributed by atoms with Crippen LogP contribution in [0.4, 0.5) is 11.4 Å². The second-order valence-electron chi connectivity index (χ2n) is 7.81. The van der Waals surface area contributed by atoms with Gasteiger partial charge in [-0.3, -0.25) is 0 Å². The first kappa shape index (κ1) is 23.2. The molecule has 6 heteroatoms. The SMILES string of the molecule is COc1ccc(OC(=O)C(C#N)(Cc2cccc(Nc3ccc(Cl)cc3)c2)C(C)C)cc1.